The number of piperazine rings is 1. The number of ketones is 1. The van der Waals surface area contributed by atoms with Gasteiger partial charge in [0.1, 0.15) is 18.4 Å². The van der Waals surface area contributed by atoms with E-state index in [0.29, 0.717) is 58.0 Å². The van der Waals surface area contributed by atoms with Crippen molar-refractivity contribution in [2.45, 2.75) is 43.7 Å². The summed E-state index contributed by atoms with van der Waals surface area (Å²) in [6.07, 6.45) is 2.09. The molecule has 3 atom stereocenters. The van der Waals surface area contributed by atoms with Crippen molar-refractivity contribution in [3.8, 4) is 5.75 Å². The molecule has 0 spiro atoms. The second-order valence-electron chi connectivity index (χ2n) is 14.0. The Morgan fingerprint density at radius 1 is 0.782 bits per heavy atom. The van der Waals surface area contributed by atoms with Crippen LogP contribution in [0, 0.1) is 0 Å². The fourth-order valence-electron chi connectivity index (χ4n) is 7.35. The van der Waals surface area contributed by atoms with E-state index >= 15 is 0 Å². The molecule has 2 aromatic carbocycles. The zero-order valence-corrected chi connectivity index (χ0v) is 31.1. The van der Waals surface area contributed by atoms with Gasteiger partial charge in [0, 0.05) is 70.4 Å². The summed E-state index contributed by atoms with van der Waals surface area (Å²) in [7, 11) is 0. The first-order valence-corrected chi connectivity index (χ1v) is 19.1. The third-order valence-electron chi connectivity index (χ3n) is 10.4. The minimum Gasteiger partial charge on any atom is -0.490 e. The highest BCUT2D eigenvalue weighted by atomic mass is 16.6. The zero-order chi connectivity index (χ0) is 38.6. The average Bonchev–Trinajstić information content (AvgIpc) is 3.44. The highest BCUT2D eigenvalue weighted by Gasteiger charge is 2.46. The summed E-state index contributed by atoms with van der Waals surface area (Å²) in [5.41, 5.74) is 1.85. The number of imide groups is 2. The number of nitrogens with zero attached hydrogens (tertiary/aromatic N) is 3. The van der Waals surface area contributed by atoms with Crippen LogP contribution in [0.25, 0.3) is 0 Å². The van der Waals surface area contributed by atoms with Gasteiger partial charge in [-0.1, -0.05) is 36.4 Å². The molecule has 55 heavy (non-hydrogen) atoms. The number of carbonyl (C=O) groups is 5. The predicted octanol–water partition coefficient (Wildman–Crippen LogP) is 1.12. The molecule has 4 aliphatic rings. The summed E-state index contributed by atoms with van der Waals surface area (Å²) in [5, 5.41) is 16.1. The molecule has 3 N–H and O–H groups in total. The second kappa shape index (κ2) is 19.9. The number of Topliss-reactive ketones (excluding diaryl/α,β-unsaturated/α-hetero) is 1. The van der Waals surface area contributed by atoms with Crippen molar-refractivity contribution in [3.05, 3.63) is 77.0 Å². The molecule has 296 valence electrons. The molecule has 15 heteroatoms. The van der Waals surface area contributed by atoms with Crippen LogP contribution in [0.5, 0.6) is 5.75 Å². The van der Waals surface area contributed by atoms with Gasteiger partial charge in [0.2, 0.25) is 11.8 Å². The number of hydrogen-bond acceptors (Lipinski definition) is 13. The number of fused-ring (bicyclic) bond motifs is 1. The van der Waals surface area contributed by atoms with Gasteiger partial charge in [-0.05, 0) is 36.5 Å². The van der Waals surface area contributed by atoms with E-state index < -0.39 is 35.8 Å². The maximum absolute atomic E-state index is 13.2. The summed E-state index contributed by atoms with van der Waals surface area (Å²) in [4.78, 5) is 68.4. The van der Waals surface area contributed by atoms with E-state index in [4.69, 9.17) is 18.9 Å². The van der Waals surface area contributed by atoms with Crippen molar-refractivity contribution in [1.82, 2.24) is 25.3 Å². The largest absolute Gasteiger partial charge is 0.490 e. The summed E-state index contributed by atoms with van der Waals surface area (Å²) in [6.45, 7) is 8.94. The third-order valence-corrected chi connectivity index (χ3v) is 10.4. The van der Waals surface area contributed by atoms with Crippen LogP contribution < -0.4 is 15.4 Å². The fraction of sp³-hybridized carbons (Fsp3) is 0.525. The van der Waals surface area contributed by atoms with Crippen molar-refractivity contribution < 1.29 is 48.0 Å². The Bertz CT molecular complexity index is 1700. The Hall–Kier alpha value is -4.51. The Kier molecular flexibility index (Phi) is 14.5. The van der Waals surface area contributed by atoms with E-state index in [-0.39, 0.29) is 54.6 Å². The third kappa shape index (κ3) is 10.6. The maximum atomic E-state index is 13.2. The van der Waals surface area contributed by atoms with Crippen LogP contribution in [-0.2, 0) is 28.6 Å². The zero-order valence-electron chi connectivity index (χ0n) is 31.1. The van der Waals surface area contributed by atoms with Crippen LogP contribution in [0.3, 0.4) is 0 Å². The van der Waals surface area contributed by atoms with Crippen LogP contribution in [0.4, 0.5) is 0 Å². The van der Waals surface area contributed by atoms with E-state index in [0.717, 1.165) is 49.7 Å². The minimum absolute atomic E-state index is 0.00785. The standard InChI is InChI=1S/C40H51N5O10/c46-33-25-29(28-5-2-1-3-6-28)26-34(47)31(33)27-41-11-12-43-13-15-44(16-14-43)17-18-52-19-20-53-21-22-54-23-24-55-35-8-4-7-30-37(35)40(51)45(39(30)50)32-9-10-36(48)42-38(32)49/h1-8,27,29,32-33,41,46H,9-26H2,(H,42,48,49)/b31-27-. The number of piperidine rings is 1. The van der Waals surface area contributed by atoms with Crippen LogP contribution in [0.1, 0.15) is 57.9 Å². The van der Waals surface area contributed by atoms with E-state index in [2.05, 4.69) is 20.4 Å². The topological polar surface area (TPSA) is 176 Å². The minimum atomic E-state index is -1.04. The Labute approximate surface area is 320 Å². The molecule has 1 saturated carbocycles. The lowest BCUT2D eigenvalue weighted by Crippen LogP contribution is -2.54. The van der Waals surface area contributed by atoms with Gasteiger partial charge >= 0.3 is 0 Å². The lowest BCUT2D eigenvalue weighted by atomic mass is 9.79. The first-order chi connectivity index (χ1) is 26.8. The van der Waals surface area contributed by atoms with E-state index in [1.54, 1.807) is 18.3 Å². The van der Waals surface area contributed by atoms with Gasteiger partial charge in [0.25, 0.3) is 11.8 Å². The van der Waals surface area contributed by atoms with Crippen LogP contribution in [0.15, 0.2) is 60.3 Å². The fourth-order valence-corrected chi connectivity index (χ4v) is 7.35. The molecule has 0 bridgehead atoms. The maximum Gasteiger partial charge on any atom is 0.266 e. The molecule has 4 amide bonds. The Balaban J connectivity index is 0.755. The van der Waals surface area contributed by atoms with Gasteiger partial charge in [-0.15, -0.1) is 0 Å². The van der Waals surface area contributed by atoms with Gasteiger partial charge in [0.05, 0.1) is 56.9 Å². The molecule has 6 rings (SSSR count). The lowest BCUT2D eigenvalue weighted by molar-refractivity contribution is -0.136. The van der Waals surface area contributed by atoms with Crippen molar-refractivity contribution in [2.75, 3.05) is 92.1 Å². The second-order valence-corrected chi connectivity index (χ2v) is 14.0. The van der Waals surface area contributed by atoms with E-state index in [1.807, 2.05) is 30.3 Å². The summed E-state index contributed by atoms with van der Waals surface area (Å²) in [5.74, 6) is -1.98. The number of ether oxygens (including phenoxy) is 4. The smallest absolute Gasteiger partial charge is 0.266 e. The molecule has 2 aromatic rings. The van der Waals surface area contributed by atoms with Crippen LogP contribution in [0.2, 0.25) is 0 Å². The number of amides is 4. The summed E-state index contributed by atoms with van der Waals surface area (Å²) in [6, 6.07) is 13.6. The highest BCUT2D eigenvalue weighted by molar-refractivity contribution is 6.24. The molecule has 2 saturated heterocycles. The number of nitrogens with one attached hydrogen (secondary N) is 2. The molecule has 0 aromatic heterocycles. The number of aliphatic hydroxyl groups excluding tert-OH is 1. The summed E-state index contributed by atoms with van der Waals surface area (Å²) < 4.78 is 22.7. The molecule has 3 fully saturated rings. The first kappa shape index (κ1) is 40.2. The monoisotopic (exact) mass is 761 g/mol. The SMILES string of the molecule is O=C1CCC(N2C(=O)c3cccc(OCCOCCOCCOCCN4CCN(CCN/C=C5\C(=O)CC(c6ccccc6)CC5O)CC4)c3C2=O)C(=O)N1. The number of benzene rings is 2. The molecular weight excluding hydrogens is 710 g/mol. The molecule has 3 aliphatic heterocycles. The molecule has 3 heterocycles. The quantitative estimate of drug-likeness (QED) is 0.106. The summed E-state index contributed by atoms with van der Waals surface area (Å²) >= 11 is 0. The number of hydrogen-bond donors (Lipinski definition) is 3. The van der Waals surface area contributed by atoms with Crippen molar-refractivity contribution >= 4 is 29.4 Å². The molecule has 0 radical (unpaired) electrons. The van der Waals surface area contributed by atoms with Crippen molar-refractivity contribution in [3.63, 3.8) is 0 Å². The van der Waals surface area contributed by atoms with Crippen LogP contribution in [-0.4, -0.2) is 153 Å². The molecular formula is C40H51N5O10. The van der Waals surface area contributed by atoms with Gasteiger partial charge in [-0.3, -0.25) is 44.0 Å². The lowest BCUT2D eigenvalue weighted by Gasteiger charge is -2.34. The molecule has 3 unspecified atom stereocenters. The average molecular weight is 762 g/mol. The van der Waals surface area contributed by atoms with Gasteiger partial charge in [-0.25, -0.2) is 0 Å². The molecule has 1 aliphatic carbocycles. The number of aliphatic hydroxyl groups is 1. The Morgan fingerprint density at radius 2 is 1.45 bits per heavy atom. The van der Waals surface area contributed by atoms with Gasteiger partial charge in [-0.2, -0.15) is 0 Å². The Morgan fingerprint density at radius 3 is 2.15 bits per heavy atom. The normalized spacial score (nSPS) is 23.0. The van der Waals surface area contributed by atoms with Crippen molar-refractivity contribution in [2.24, 2.45) is 0 Å². The number of carbonyl (C=O) groups excluding carboxylic acids is 5. The van der Waals surface area contributed by atoms with Crippen molar-refractivity contribution in [1.29, 1.82) is 0 Å². The van der Waals surface area contributed by atoms with Gasteiger partial charge < -0.3 is 29.4 Å². The van der Waals surface area contributed by atoms with Crippen LogP contribution >= 0.6 is 0 Å². The number of rotatable bonds is 19. The van der Waals surface area contributed by atoms with E-state index in [9.17, 15) is 29.1 Å². The highest BCUT2D eigenvalue weighted by Crippen LogP contribution is 2.34. The first-order valence-electron chi connectivity index (χ1n) is 19.1. The molecule has 15 nitrogen and oxygen atoms in total. The van der Waals surface area contributed by atoms with E-state index in [1.165, 1.54) is 6.07 Å². The van der Waals surface area contributed by atoms with Gasteiger partial charge in [0.15, 0.2) is 5.78 Å². The predicted molar refractivity (Wildman–Crippen MR) is 199 cm³/mol.